The highest BCUT2D eigenvalue weighted by atomic mass is 19.4. The topological polar surface area (TPSA) is 61.9 Å². The van der Waals surface area contributed by atoms with Crippen LogP contribution in [0.4, 0.5) is 18.9 Å². The highest BCUT2D eigenvalue weighted by Crippen LogP contribution is 2.29. The molecule has 1 aliphatic heterocycles. The maximum atomic E-state index is 12.5. The number of nitrogens with zero attached hydrogens (tertiary/aromatic N) is 2. The van der Waals surface area contributed by atoms with Gasteiger partial charge in [-0.2, -0.15) is 13.2 Å². The molecule has 0 atom stereocenters. The molecule has 0 saturated carbocycles. The third-order valence-corrected chi connectivity index (χ3v) is 4.07. The second-order valence-electron chi connectivity index (χ2n) is 6.02. The Kier molecular flexibility index (Phi) is 6.98. The monoisotopic (exact) mass is 373 g/mol. The minimum absolute atomic E-state index is 0.152. The van der Waals surface area contributed by atoms with Crippen molar-refractivity contribution in [3.8, 4) is 0 Å². The van der Waals surface area contributed by atoms with Crippen LogP contribution in [0.15, 0.2) is 24.3 Å². The molecule has 1 aromatic rings. The molecule has 1 aromatic carbocycles. The Hall–Kier alpha value is -2.13. The summed E-state index contributed by atoms with van der Waals surface area (Å²) in [7, 11) is 0. The van der Waals surface area contributed by atoms with Crippen LogP contribution in [0.3, 0.4) is 0 Å². The number of rotatable bonds is 6. The summed E-state index contributed by atoms with van der Waals surface area (Å²) in [5.74, 6) is -0.692. The number of anilines is 1. The molecule has 26 heavy (non-hydrogen) atoms. The number of carbonyl (C=O) groups is 2. The number of hydrogen-bond donors (Lipinski definition) is 1. The van der Waals surface area contributed by atoms with Crippen LogP contribution < -0.4 is 5.32 Å². The molecule has 0 unspecified atom stereocenters. The van der Waals surface area contributed by atoms with Gasteiger partial charge in [0.05, 0.1) is 25.3 Å². The molecule has 1 N–H and O–H groups in total. The van der Waals surface area contributed by atoms with E-state index in [1.165, 1.54) is 24.0 Å². The highest BCUT2D eigenvalue weighted by Gasteiger charge is 2.30. The van der Waals surface area contributed by atoms with E-state index in [1.54, 1.807) is 0 Å². The predicted molar refractivity (Wildman–Crippen MR) is 89.6 cm³/mol. The normalized spacial score (nSPS) is 15.5. The molecule has 1 aliphatic rings. The molecule has 144 valence electrons. The molecular formula is C17H22F3N3O3. The quantitative estimate of drug-likeness (QED) is 0.827. The lowest BCUT2D eigenvalue weighted by atomic mass is 10.2. The van der Waals surface area contributed by atoms with Gasteiger partial charge in [0, 0.05) is 38.8 Å². The first-order valence-corrected chi connectivity index (χ1v) is 8.28. The first kappa shape index (κ1) is 20.2. The molecule has 1 heterocycles. The Balaban J connectivity index is 1.85. The maximum absolute atomic E-state index is 12.5. The van der Waals surface area contributed by atoms with Crippen molar-refractivity contribution in [1.82, 2.24) is 9.80 Å². The SMILES string of the molecule is CC(=O)N(CCN1CCOCC1)CC(=O)Nc1ccc(C(F)(F)F)cc1. The number of hydrogen-bond acceptors (Lipinski definition) is 4. The van der Waals surface area contributed by atoms with Crippen molar-refractivity contribution in [2.45, 2.75) is 13.1 Å². The van der Waals surface area contributed by atoms with Gasteiger partial charge in [0.2, 0.25) is 11.8 Å². The molecule has 6 nitrogen and oxygen atoms in total. The zero-order chi connectivity index (χ0) is 19.2. The van der Waals surface area contributed by atoms with Crippen LogP contribution in [0.25, 0.3) is 0 Å². The zero-order valence-corrected chi connectivity index (χ0v) is 14.5. The van der Waals surface area contributed by atoms with Gasteiger partial charge in [-0.1, -0.05) is 0 Å². The van der Waals surface area contributed by atoms with E-state index in [2.05, 4.69) is 10.2 Å². The molecular weight excluding hydrogens is 351 g/mol. The van der Waals surface area contributed by atoms with E-state index in [0.29, 0.717) is 26.3 Å². The Morgan fingerprint density at radius 1 is 1.19 bits per heavy atom. The molecule has 1 saturated heterocycles. The second kappa shape index (κ2) is 9.00. The fraction of sp³-hybridized carbons (Fsp3) is 0.529. The van der Waals surface area contributed by atoms with E-state index in [-0.39, 0.29) is 18.1 Å². The lowest BCUT2D eigenvalue weighted by Gasteiger charge is -2.29. The maximum Gasteiger partial charge on any atom is 0.416 e. The first-order chi connectivity index (χ1) is 12.3. The van der Waals surface area contributed by atoms with Gasteiger partial charge in [-0.25, -0.2) is 0 Å². The number of alkyl halides is 3. The molecule has 9 heteroatoms. The summed E-state index contributed by atoms with van der Waals surface area (Å²) in [6, 6.07) is 4.17. The number of morpholine rings is 1. The number of amides is 2. The smallest absolute Gasteiger partial charge is 0.379 e. The number of benzene rings is 1. The lowest BCUT2D eigenvalue weighted by molar-refractivity contribution is -0.137. The zero-order valence-electron chi connectivity index (χ0n) is 14.5. The van der Waals surface area contributed by atoms with E-state index in [1.807, 2.05) is 0 Å². The molecule has 0 bridgehead atoms. The van der Waals surface area contributed by atoms with E-state index in [0.717, 1.165) is 25.2 Å². The Bertz CT molecular complexity index is 614. The molecule has 1 fully saturated rings. The Morgan fingerprint density at radius 3 is 2.35 bits per heavy atom. The minimum atomic E-state index is -4.42. The summed E-state index contributed by atoms with van der Waals surface area (Å²) >= 11 is 0. The van der Waals surface area contributed by atoms with Crippen LogP contribution in [-0.2, 0) is 20.5 Å². The van der Waals surface area contributed by atoms with Crippen molar-refractivity contribution < 1.29 is 27.5 Å². The predicted octanol–water partition coefficient (Wildman–Crippen LogP) is 1.82. The number of ether oxygens (including phenoxy) is 1. The van der Waals surface area contributed by atoms with Crippen LogP contribution in [0, 0.1) is 0 Å². The van der Waals surface area contributed by atoms with E-state index < -0.39 is 17.6 Å². The van der Waals surface area contributed by atoms with E-state index in [9.17, 15) is 22.8 Å². The summed E-state index contributed by atoms with van der Waals surface area (Å²) in [4.78, 5) is 27.4. The Labute approximate surface area is 149 Å². The molecule has 0 aromatic heterocycles. The van der Waals surface area contributed by atoms with Crippen LogP contribution in [-0.4, -0.2) is 67.6 Å². The van der Waals surface area contributed by atoms with Crippen molar-refractivity contribution in [2.24, 2.45) is 0 Å². The van der Waals surface area contributed by atoms with Gasteiger partial charge in [0.25, 0.3) is 0 Å². The van der Waals surface area contributed by atoms with Crippen LogP contribution >= 0.6 is 0 Å². The molecule has 2 amide bonds. The summed E-state index contributed by atoms with van der Waals surface area (Å²) < 4.78 is 42.9. The van der Waals surface area contributed by atoms with Crippen molar-refractivity contribution in [3.05, 3.63) is 29.8 Å². The van der Waals surface area contributed by atoms with Gasteiger partial charge in [-0.05, 0) is 24.3 Å². The van der Waals surface area contributed by atoms with Gasteiger partial charge in [-0.3, -0.25) is 14.5 Å². The van der Waals surface area contributed by atoms with Crippen molar-refractivity contribution in [3.63, 3.8) is 0 Å². The number of carbonyl (C=O) groups excluding carboxylic acids is 2. The minimum Gasteiger partial charge on any atom is -0.379 e. The average Bonchev–Trinajstić information content (AvgIpc) is 2.59. The third-order valence-electron chi connectivity index (χ3n) is 4.07. The first-order valence-electron chi connectivity index (χ1n) is 8.28. The standard InChI is InChI=1S/C17H22F3N3O3/c1-13(24)23(7-6-22-8-10-26-11-9-22)12-16(25)21-15-4-2-14(3-5-15)17(18,19)20/h2-5H,6-12H2,1H3,(H,21,25). The largest absolute Gasteiger partial charge is 0.416 e. The van der Waals surface area contributed by atoms with E-state index in [4.69, 9.17) is 4.74 Å². The van der Waals surface area contributed by atoms with Gasteiger partial charge in [0.1, 0.15) is 0 Å². The lowest BCUT2D eigenvalue weighted by Crippen LogP contribution is -2.44. The molecule has 0 spiro atoms. The van der Waals surface area contributed by atoms with Crippen LogP contribution in [0.1, 0.15) is 12.5 Å². The van der Waals surface area contributed by atoms with Crippen molar-refractivity contribution >= 4 is 17.5 Å². The number of halogens is 3. The number of nitrogens with one attached hydrogen (secondary N) is 1. The summed E-state index contributed by atoms with van der Waals surface area (Å²) in [6.07, 6.45) is -4.42. The second-order valence-corrected chi connectivity index (χ2v) is 6.02. The van der Waals surface area contributed by atoms with E-state index >= 15 is 0 Å². The fourth-order valence-electron chi connectivity index (χ4n) is 2.55. The van der Waals surface area contributed by atoms with Crippen LogP contribution in [0.5, 0.6) is 0 Å². The molecule has 0 aliphatic carbocycles. The van der Waals surface area contributed by atoms with Gasteiger partial charge in [0.15, 0.2) is 0 Å². The molecule has 2 rings (SSSR count). The van der Waals surface area contributed by atoms with Crippen molar-refractivity contribution in [2.75, 3.05) is 51.3 Å². The highest BCUT2D eigenvalue weighted by molar-refractivity contribution is 5.94. The summed E-state index contributed by atoms with van der Waals surface area (Å²) in [5.41, 5.74) is -0.536. The third kappa shape index (κ3) is 6.30. The van der Waals surface area contributed by atoms with Gasteiger partial charge in [-0.15, -0.1) is 0 Å². The van der Waals surface area contributed by atoms with Crippen molar-refractivity contribution in [1.29, 1.82) is 0 Å². The van der Waals surface area contributed by atoms with Gasteiger partial charge < -0.3 is 15.0 Å². The summed E-state index contributed by atoms with van der Waals surface area (Å²) in [6.45, 7) is 5.12. The Morgan fingerprint density at radius 2 is 1.81 bits per heavy atom. The van der Waals surface area contributed by atoms with Gasteiger partial charge >= 0.3 is 6.18 Å². The summed E-state index contributed by atoms with van der Waals surface area (Å²) in [5, 5.41) is 2.51. The molecule has 0 radical (unpaired) electrons. The average molecular weight is 373 g/mol. The van der Waals surface area contributed by atoms with Crippen LogP contribution in [0.2, 0.25) is 0 Å². The fourth-order valence-corrected chi connectivity index (χ4v) is 2.55.